The topological polar surface area (TPSA) is 132 Å². The minimum Gasteiger partial charge on any atom is -0.295 e. The van der Waals surface area contributed by atoms with Crippen LogP contribution in [-0.2, 0) is 9.59 Å². The predicted octanol–water partition coefficient (Wildman–Crippen LogP) is 2.27. The van der Waals surface area contributed by atoms with Gasteiger partial charge in [-0.1, -0.05) is 11.2 Å². The molecule has 1 saturated heterocycles. The van der Waals surface area contributed by atoms with E-state index in [0.29, 0.717) is 22.8 Å². The lowest BCUT2D eigenvalue weighted by molar-refractivity contribution is -0.136. The van der Waals surface area contributed by atoms with E-state index in [1.54, 1.807) is 18.2 Å². The zero-order valence-corrected chi connectivity index (χ0v) is 15.2. The van der Waals surface area contributed by atoms with Crippen LogP contribution in [0.1, 0.15) is 46.4 Å². The Hall–Kier alpha value is -2.84. The number of hydrogen-bond donors (Lipinski definition) is 1. The molecule has 1 aromatic carbocycles. The lowest BCUT2D eigenvalue weighted by atomic mass is 10.0. The highest BCUT2D eigenvalue weighted by Gasteiger charge is 2.45. The number of azide groups is 1. The van der Waals surface area contributed by atoms with Crippen molar-refractivity contribution in [2.75, 3.05) is 12.3 Å². The number of unbranched alkanes of at least 4 members (excludes halogenated alkanes) is 1. The lowest BCUT2D eigenvalue weighted by Crippen LogP contribution is -2.54. The monoisotopic (exact) mass is 387 g/mol. The third kappa shape index (κ3) is 3.81. The Morgan fingerprint density at radius 3 is 2.78 bits per heavy atom. The van der Waals surface area contributed by atoms with E-state index in [0.717, 1.165) is 17.7 Å². The molecule has 0 aliphatic carbocycles. The fraction of sp³-hybridized carbons (Fsp3) is 0.412. The summed E-state index contributed by atoms with van der Waals surface area (Å²) in [6.45, 7) is 0.421. The molecule has 140 valence electrons. The summed E-state index contributed by atoms with van der Waals surface area (Å²) in [5.41, 5.74) is 8.85. The summed E-state index contributed by atoms with van der Waals surface area (Å²) < 4.78 is 0. The molecular formula is C17H17N5O4S. The van der Waals surface area contributed by atoms with Gasteiger partial charge >= 0.3 is 0 Å². The van der Waals surface area contributed by atoms with Crippen LogP contribution in [0, 0.1) is 0 Å². The third-order valence-electron chi connectivity index (χ3n) is 4.40. The van der Waals surface area contributed by atoms with Crippen LogP contribution in [0.3, 0.4) is 0 Å². The van der Waals surface area contributed by atoms with Crippen LogP contribution in [0.5, 0.6) is 0 Å². The van der Waals surface area contributed by atoms with E-state index in [9.17, 15) is 19.2 Å². The number of piperidine rings is 1. The van der Waals surface area contributed by atoms with Crippen LogP contribution in [0.4, 0.5) is 0 Å². The molecule has 27 heavy (non-hydrogen) atoms. The quantitative estimate of drug-likeness (QED) is 0.191. The maximum Gasteiger partial charge on any atom is 0.263 e. The molecule has 1 N–H and O–H groups in total. The summed E-state index contributed by atoms with van der Waals surface area (Å²) in [6.07, 6.45) is 1.77. The van der Waals surface area contributed by atoms with Gasteiger partial charge in [0.25, 0.3) is 11.8 Å². The van der Waals surface area contributed by atoms with Crippen LogP contribution in [0.15, 0.2) is 28.2 Å². The second-order valence-electron chi connectivity index (χ2n) is 6.14. The zero-order valence-electron chi connectivity index (χ0n) is 14.4. The van der Waals surface area contributed by atoms with Crippen molar-refractivity contribution in [3.8, 4) is 0 Å². The zero-order chi connectivity index (χ0) is 19.4. The molecule has 1 atom stereocenters. The van der Waals surface area contributed by atoms with Crippen LogP contribution < -0.4 is 5.32 Å². The minimum atomic E-state index is -0.961. The van der Waals surface area contributed by atoms with Gasteiger partial charge < -0.3 is 0 Å². The largest absolute Gasteiger partial charge is 0.295 e. The lowest BCUT2D eigenvalue weighted by Gasteiger charge is -2.27. The van der Waals surface area contributed by atoms with Gasteiger partial charge in [-0.2, -0.15) is 0 Å². The van der Waals surface area contributed by atoms with Crippen LogP contribution >= 0.6 is 11.8 Å². The van der Waals surface area contributed by atoms with E-state index >= 15 is 0 Å². The summed E-state index contributed by atoms with van der Waals surface area (Å²) in [6, 6.07) is 4.10. The number of hydrogen-bond acceptors (Lipinski definition) is 6. The van der Waals surface area contributed by atoms with Crippen molar-refractivity contribution < 1.29 is 19.2 Å². The molecular weight excluding hydrogens is 370 g/mol. The maximum atomic E-state index is 12.9. The Morgan fingerprint density at radius 1 is 1.22 bits per heavy atom. The molecule has 10 heteroatoms. The average Bonchev–Trinajstić information content (AvgIpc) is 2.90. The normalized spacial score (nSPS) is 19.0. The second-order valence-corrected chi connectivity index (χ2v) is 7.27. The Bertz CT molecular complexity index is 865. The molecule has 0 aromatic heterocycles. The molecule has 1 unspecified atom stereocenters. The molecule has 2 aliphatic rings. The van der Waals surface area contributed by atoms with Gasteiger partial charge in [-0.05, 0) is 42.7 Å². The smallest absolute Gasteiger partial charge is 0.263 e. The summed E-state index contributed by atoms with van der Waals surface area (Å²) in [5.74, 6) is -1.31. The first-order valence-electron chi connectivity index (χ1n) is 8.53. The molecule has 1 aromatic rings. The molecule has 0 spiro atoms. The molecule has 0 radical (unpaired) electrons. The number of fused-ring (bicyclic) bond motifs is 1. The molecule has 0 bridgehead atoms. The molecule has 3 rings (SSSR count). The van der Waals surface area contributed by atoms with Crippen molar-refractivity contribution in [3.05, 3.63) is 39.8 Å². The maximum absolute atomic E-state index is 12.9. The van der Waals surface area contributed by atoms with E-state index in [-0.39, 0.29) is 18.4 Å². The van der Waals surface area contributed by atoms with Gasteiger partial charge in [-0.15, -0.1) is 11.8 Å². The van der Waals surface area contributed by atoms with Crippen molar-refractivity contribution in [2.45, 2.75) is 36.6 Å². The number of imide groups is 2. The van der Waals surface area contributed by atoms with Crippen molar-refractivity contribution in [1.82, 2.24) is 10.2 Å². The minimum absolute atomic E-state index is 0.0938. The van der Waals surface area contributed by atoms with Crippen molar-refractivity contribution in [3.63, 3.8) is 0 Å². The molecule has 2 heterocycles. The molecule has 2 aliphatic heterocycles. The van der Waals surface area contributed by atoms with Crippen LogP contribution in [0.2, 0.25) is 0 Å². The van der Waals surface area contributed by atoms with E-state index in [1.165, 1.54) is 11.8 Å². The Balaban J connectivity index is 1.75. The van der Waals surface area contributed by atoms with Gasteiger partial charge in [-0.25, -0.2) is 0 Å². The van der Waals surface area contributed by atoms with Gasteiger partial charge in [0.2, 0.25) is 11.8 Å². The summed E-state index contributed by atoms with van der Waals surface area (Å²) in [5, 5.41) is 5.66. The Morgan fingerprint density at radius 2 is 2.04 bits per heavy atom. The molecule has 1 fully saturated rings. The van der Waals surface area contributed by atoms with Crippen LogP contribution in [-0.4, -0.2) is 46.9 Å². The van der Waals surface area contributed by atoms with Gasteiger partial charge in [0.05, 0.1) is 11.1 Å². The van der Waals surface area contributed by atoms with E-state index < -0.39 is 29.7 Å². The number of nitrogens with zero attached hydrogens (tertiary/aromatic N) is 4. The highest BCUT2D eigenvalue weighted by atomic mass is 32.2. The third-order valence-corrected chi connectivity index (χ3v) is 5.55. The van der Waals surface area contributed by atoms with Gasteiger partial charge in [0.1, 0.15) is 6.04 Å². The SMILES string of the molecule is [N-]=[N+]=NCCCCSc1cccc2c1C(=O)N(C1CCC(=O)NC1=O)C2=O. The first-order valence-corrected chi connectivity index (χ1v) is 9.51. The van der Waals surface area contributed by atoms with Gasteiger partial charge in [0, 0.05) is 22.8 Å². The van der Waals surface area contributed by atoms with Gasteiger partial charge in [-0.3, -0.25) is 29.4 Å². The fourth-order valence-corrected chi connectivity index (χ4v) is 4.20. The van der Waals surface area contributed by atoms with E-state index in [1.807, 2.05) is 0 Å². The van der Waals surface area contributed by atoms with Crippen molar-refractivity contribution in [1.29, 1.82) is 0 Å². The number of carbonyl (C=O) groups excluding carboxylic acids is 4. The number of benzene rings is 1. The Kier molecular flexibility index (Phi) is 5.78. The number of thioether (sulfide) groups is 1. The molecule has 9 nitrogen and oxygen atoms in total. The van der Waals surface area contributed by atoms with Crippen molar-refractivity contribution >= 4 is 35.4 Å². The van der Waals surface area contributed by atoms with Crippen LogP contribution in [0.25, 0.3) is 10.4 Å². The number of amides is 4. The fourth-order valence-electron chi connectivity index (χ4n) is 3.12. The predicted molar refractivity (Wildman–Crippen MR) is 97.1 cm³/mol. The second kappa shape index (κ2) is 8.24. The average molecular weight is 387 g/mol. The standard InChI is InChI=1S/C17H17N5O4S/c18-21-19-8-1-2-9-27-12-5-3-4-10-14(12)17(26)22(16(10)25)11-6-7-13(23)20-15(11)24/h3-5,11H,1-2,6-9H2,(H,20,23,24). The first kappa shape index (κ1) is 18.9. The summed E-state index contributed by atoms with van der Waals surface area (Å²) in [7, 11) is 0. The summed E-state index contributed by atoms with van der Waals surface area (Å²) >= 11 is 1.45. The molecule has 0 saturated carbocycles. The Labute approximate surface area is 159 Å². The number of rotatable bonds is 7. The van der Waals surface area contributed by atoms with E-state index in [2.05, 4.69) is 15.3 Å². The molecule has 4 amide bonds. The highest BCUT2D eigenvalue weighted by Crippen LogP contribution is 2.34. The van der Waals surface area contributed by atoms with E-state index in [4.69, 9.17) is 5.53 Å². The van der Waals surface area contributed by atoms with Gasteiger partial charge in [0.15, 0.2) is 0 Å². The first-order chi connectivity index (χ1) is 13.0. The number of carbonyl (C=O) groups is 4. The highest BCUT2D eigenvalue weighted by molar-refractivity contribution is 7.99. The summed E-state index contributed by atoms with van der Waals surface area (Å²) in [4.78, 5) is 53.4. The van der Waals surface area contributed by atoms with Crippen molar-refractivity contribution in [2.24, 2.45) is 5.11 Å². The number of nitrogens with one attached hydrogen (secondary N) is 1.